The molecule has 3 aliphatic rings. The lowest BCUT2D eigenvalue weighted by Crippen LogP contribution is -2.66. The van der Waals surface area contributed by atoms with E-state index in [1.165, 1.54) is 0 Å². The van der Waals surface area contributed by atoms with Gasteiger partial charge in [-0.05, 0) is 92.7 Å². The van der Waals surface area contributed by atoms with Crippen molar-refractivity contribution in [2.45, 2.75) is 75.1 Å². The number of benzene rings is 2. The van der Waals surface area contributed by atoms with Crippen LogP contribution < -0.4 is 14.4 Å². The number of amides is 1. The zero-order valence-corrected chi connectivity index (χ0v) is 26.6. The molecule has 1 fully saturated rings. The van der Waals surface area contributed by atoms with Crippen molar-refractivity contribution in [2.24, 2.45) is 17.6 Å². The van der Waals surface area contributed by atoms with Crippen LogP contribution >= 0.6 is 11.6 Å². The van der Waals surface area contributed by atoms with Crippen LogP contribution in [0.4, 0.5) is 5.69 Å². The Balaban J connectivity index is 1.79. The average molecular weight is 628 g/mol. The molecule has 1 amide bonds. The Kier molecular flexibility index (Phi) is 9.15. The summed E-state index contributed by atoms with van der Waals surface area (Å²) in [7, 11) is -3.99. The molecule has 2 aromatic rings. The van der Waals surface area contributed by atoms with E-state index in [0.29, 0.717) is 42.3 Å². The number of aryl methyl sites for hydroxylation is 1. The topological polar surface area (TPSA) is 107 Å². The number of rotatable bonds is 11. The average Bonchev–Trinajstić information content (AvgIpc) is 3.09. The SMILES string of the molecule is C=CC[C@@H](CC)S(=O)(=O)[N@@+]1(C[C@@H]2CC[C@H]2[C@@H](O)CC=C)CC2(CCCc3cc(Cl)ccc32)COc2ccc(C(N)=O)cc21. The molecular weight excluding hydrogens is 584 g/mol. The predicted molar refractivity (Wildman–Crippen MR) is 173 cm³/mol. The summed E-state index contributed by atoms with van der Waals surface area (Å²) in [5, 5.41) is 11.0. The number of aliphatic hydroxyl groups excluding tert-OH is 1. The number of nitrogens with two attached hydrogens (primary N) is 1. The quantitative estimate of drug-likeness (QED) is 0.233. The summed E-state index contributed by atoms with van der Waals surface area (Å²) in [4.78, 5) is 12.5. The molecule has 0 radical (unpaired) electrons. The minimum atomic E-state index is -3.99. The molecule has 1 aliphatic heterocycles. The van der Waals surface area contributed by atoms with E-state index in [0.717, 1.165) is 43.2 Å². The first kappa shape index (κ1) is 31.8. The normalized spacial score (nSPS) is 27.9. The Morgan fingerprint density at radius 3 is 2.63 bits per heavy atom. The van der Waals surface area contributed by atoms with Crippen molar-refractivity contribution in [2.75, 3.05) is 19.7 Å². The molecule has 1 unspecified atom stereocenters. The second-order valence-electron chi connectivity index (χ2n) is 12.7. The van der Waals surface area contributed by atoms with E-state index < -0.39 is 32.7 Å². The second-order valence-corrected chi connectivity index (χ2v) is 15.5. The molecule has 5 rings (SSSR count). The molecule has 0 bridgehead atoms. The first-order chi connectivity index (χ1) is 20.5. The van der Waals surface area contributed by atoms with Gasteiger partial charge in [-0.2, -0.15) is 12.3 Å². The lowest BCUT2D eigenvalue weighted by molar-refractivity contribution is 0.00662. The van der Waals surface area contributed by atoms with Crippen LogP contribution in [0, 0.1) is 11.8 Å². The number of allylic oxidation sites excluding steroid dienone is 1. The van der Waals surface area contributed by atoms with E-state index >= 15 is 8.42 Å². The molecule has 0 saturated heterocycles. The van der Waals surface area contributed by atoms with Crippen molar-refractivity contribution in [3.8, 4) is 5.75 Å². The highest BCUT2D eigenvalue weighted by Crippen LogP contribution is 2.52. The monoisotopic (exact) mass is 627 g/mol. The maximum Gasteiger partial charge on any atom is 0.305 e. The predicted octanol–water partition coefficient (Wildman–Crippen LogP) is 6.06. The third-order valence-corrected chi connectivity index (χ3v) is 13.2. The summed E-state index contributed by atoms with van der Waals surface area (Å²) in [6.07, 6.45) is 8.05. The van der Waals surface area contributed by atoms with Crippen molar-refractivity contribution < 1.29 is 23.1 Å². The number of nitrogens with zero attached hydrogens (tertiary/aromatic N) is 1. The number of aliphatic hydroxyl groups is 1. The van der Waals surface area contributed by atoms with E-state index in [4.69, 9.17) is 22.1 Å². The van der Waals surface area contributed by atoms with Gasteiger partial charge in [0, 0.05) is 22.6 Å². The van der Waals surface area contributed by atoms with E-state index in [2.05, 4.69) is 13.2 Å². The van der Waals surface area contributed by atoms with Gasteiger partial charge < -0.3 is 15.6 Å². The smallest absolute Gasteiger partial charge is 0.305 e. The van der Waals surface area contributed by atoms with Gasteiger partial charge in [0.25, 0.3) is 0 Å². The summed E-state index contributed by atoms with van der Waals surface area (Å²) in [6.45, 7) is 10.4. The summed E-state index contributed by atoms with van der Waals surface area (Å²) < 4.78 is 36.9. The summed E-state index contributed by atoms with van der Waals surface area (Å²) in [5.74, 6) is -0.291. The first-order valence-electron chi connectivity index (χ1n) is 15.4. The van der Waals surface area contributed by atoms with Crippen LogP contribution in [0.5, 0.6) is 5.75 Å². The number of halogens is 1. The summed E-state index contributed by atoms with van der Waals surface area (Å²) in [5.41, 5.74) is 8.00. The zero-order valence-electron chi connectivity index (χ0n) is 25.0. The lowest BCUT2D eigenvalue weighted by atomic mass is 9.68. The van der Waals surface area contributed by atoms with Crippen LogP contribution in [0.15, 0.2) is 61.7 Å². The van der Waals surface area contributed by atoms with E-state index in [1.807, 2.05) is 25.1 Å². The number of hydrogen-bond acceptors (Lipinski definition) is 5. The molecular formula is C34H44ClN2O5S+. The Morgan fingerprint density at radius 2 is 1.98 bits per heavy atom. The summed E-state index contributed by atoms with van der Waals surface area (Å²) >= 11 is 6.43. The molecule has 6 atom stereocenters. The van der Waals surface area contributed by atoms with Gasteiger partial charge >= 0.3 is 10.0 Å². The van der Waals surface area contributed by atoms with Crippen LogP contribution in [0.25, 0.3) is 0 Å². The third-order valence-electron chi connectivity index (χ3n) is 10.2. The second kappa shape index (κ2) is 12.4. The van der Waals surface area contributed by atoms with Crippen molar-refractivity contribution in [1.82, 2.24) is 3.89 Å². The van der Waals surface area contributed by atoms with Gasteiger partial charge in [0.15, 0.2) is 11.4 Å². The van der Waals surface area contributed by atoms with E-state index in [1.54, 1.807) is 30.4 Å². The molecule has 43 heavy (non-hydrogen) atoms. The van der Waals surface area contributed by atoms with Gasteiger partial charge in [-0.15, -0.1) is 13.2 Å². The fourth-order valence-corrected chi connectivity index (χ4v) is 10.6. The maximum absolute atomic E-state index is 15.3. The number of fused-ring (bicyclic) bond motifs is 3. The molecule has 1 saturated carbocycles. The highest BCUT2D eigenvalue weighted by molar-refractivity contribution is 7.91. The minimum Gasteiger partial charge on any atom is -0.486 e. The van der Waals surface area contributed by atoms with Crippen LogP contribution in [-0.4, -0.2) is 50.5 Å². The molecule has 7 nitrogen and oxygen atoms in total. The van der Waals surface area contributed by atoms with E-state index in [-0.39, 0.29) is 34.4 Å². The van der Waals surface area contributed by atoms with Gasteiger partial charge in [0.1, 0.15) is 24.9 Å². The Bertz CT molecular complexity index is 1510. The standard InChI is InChI=1S/C34H43ClN2O5S/c1-4-8-27(6-3)43(40,41)37(20-25-11-14-28(25)31(38)9-5-2)21-34(17-7-10-23-18-26(35)13-15-29(23)34)22-42-32-16-12-24(33(36)39)19-30(32)37/h4-5,12-13,15-16,18-19,25,27-28,31,38H,1-2,6-11,14,17,20-22H2,3H3,(H-,36,39)/p+1/t25-,27+,28+,31-,34?,37-/m0/s1. The van der Waals surface area contributed by atoms with Gasteiger partial charge in [-0.3, -0.25) is 4.79 Å². The number of primary amides is 1. The molecule has 9 heteroatoms. The van der Waals surface area contributed by atoms with Gasteiger partial charge in [0.05, 0.1) is 11.5 Å². The molecule has 1 heterocycles. The van der Waals surface area contributed by atoms with Gasteiger partial charge in [0.2, 0.25) is 5.91 Å². The van der Waals surface area contributed by atoms with Crippen LogP contribution in [-0.2, 0) is 21.9 Å². The number of carbonyl (C=O) groups excluding carboxylic acids is 1. The third kappa shape index (κ3) is 5.56. The molecule has 2 aromatic carbocycles. The highest BCUT2D eigenvalue weighted by atomic mass is 35.5. The maximum atomic E-state index is 15.3. The van der Waals surface area contributed by atoms with E-state index in [9.17, 15) is 9.90 Å². The lowest BCUT2D eigenvalue weighted by Gasteiger charge is -2.49. The fraction of sp³-hybridized carbons (Fsp3) is 0.500. The van der Waals surface area contributed by atoms with Crippen LogP contribution in [0.3, 0.4) is 0 Å². The Morgan fingerprint density at radius 1 is 1.21 bits per heavy atom. The number of ether oxygens (including phenoxy) is 1. The number of quaternary nitrogens is 1. The number of sulfonamides is 1. The molecule has 1 spiro atoms. The van der Waals surface area contributed by atoms with Gasteiger partial charge in [-0.1, -0.05) is 36.7 Å². The van der Waals surface area contributed by atoms with Gasteiger partial charge in [-0.25, -0.2) is 0 Å². The van der Waals surface area contributed by atoms with Crippen LogP contribution in [0.1, 0.15) is 73.4 Å². The highest BCUT2D eigenvalue weighted by Gasteiger charge is 2.59. The molecule has 0 aromatic heterocycles. The van der Waals surface area contributed by atoms with Crippen molar-refractivity contribution in [1.29, 1.82) is 0 Å². The molecule has 3 N–H and O–H groups in total. The Hall–Kier alpha value is -2.65. The molecule has 2 aliphatic carbocycles. The zero-order chi connectivity index (χ0) is 31.0. The number of carbonyl (C=O) groups is 1. The minimum absolute atomic E-state index is 0.0528. The fourth-order valence-electron chi connectivity index (χ4n) is 7.82. The largest absolute Gasteiger partial charge is 0.486 e. The Labute approximate surface area is 261 Å². The first-order valence-corrected chi connectivity index (χ1v) is 17.3. The summed E-state index contributed by atoms with van der Waals surface area (Å²) in [6, 6.07) is 10.8. The number of hydrogen-bond donors (Lipinski definition) is 2. The molecule has 232 valence electrons. The van der Waals surface area contributed by atoms with Crippen LogP contribution in [0.2, 0.25) is 5.02 Å². The van der Waals surface area contributed by atoms with Crippen molar-refractivity contribution in [3.63, 3.8) is 0 Å². The van der Waals surface area contributed by atoms with Crippen molar-refractivity contribution >= 4 is 33.2 Å². The van der Waals surface area contributed by atoms with Crippen molar-refractivity contribution in [3.05, 3.63) is 83.4 Å².